The van der Waals surface area contributed by atoms with E-state index < -0.39 is 44.5 Å². The van der Waals surface area contributed by atoms with Gasteiger partial charge in [0.25, 0.3) is 11.1 Å². The number of halogens is 6. The molecule has 0 amide bonds. The summed E-state index contributed by atoms with van der Waals surface area (Å²) < 4.78 is 85.9. The Morgan fingerprint density at radius 3 is 1.52 bits per heavy atom. The van der Waals surface area contributed by atoms with Crippen LogP contribution < -0.4 is 21.6 Å². The zero-order valence-corrected chi connectivity index (χ0v) is 25.5. The van der Waals surface area contributed by atoms with Crippen LogP contribution in [-0.2, 0) is 36.2 Å². The molecule has 4 heterocycles. The molecule has 0 radical (unpaired) electrons. The molecule has 0 saturated carbocycles. The topological polar surface area (TPSA) is 126 Å². The van der Waals surface area contributed by atoms with Crippen molar-refractivity contribution in [3.05, 3.63) is 78.5 Å². The third-order valence-electron chi connectivity index (χ3n) is 7.30. The van der Waals surface area contributed by atoms with Gasteiger partial charge in [0, 0.05) is 49.4 Å². The zero-order valence-electron chi connectivity index (χ0n) is 23.1. The highest BCUT2D eigenvalue weighted by molar-refractivity contribution is 7.92. The Balaban J connectivity index is 0.000000177. The second-order valence-corrected chi connectivity index (χ2v) is 12.9. The summed E-state index contributed by atoms with van der Waals surface area (Å²) in [7, 11) is -3.77. The normalized spacial score (nSPS) is 14.4. The minimum absolute atomic E-state index is 0.0396. The lowest BCUT2D eigenvalue weighted by Crippen LogP contribution is -2.27. The molecule has 2 aliphatic heterocycles. The van der Waals surface area contributed by atoms with Gasteiger partial charge in [-0.1, -0.05) is 23.2 Å². The van der Waals surface area contributed by atoms with Crippen LogP contribution in [0.15, 0.2) is 33.9 Å². The maximum Gasteiger partial charge on any atom is 0.276 e. The SMILES string of the molecule is CS(=O)(=O)Nc1cc(-c2c(Cl)n3n(c2=O)CCCC3)c(F)cc1F.Nc1cc(-c2c(Cl)n3n(c2=O)CCCC3)c(F)cc1F. The number of hydrogen-bond acceptors (Lipinski definition) is 5. The van der Waals surface area contributed by atoms with E-state index in [0.717, 1.165) is 44.1 Å². The monoisotopic (exact) mass is 676 g/mol. The number of hydrogen-bond donors (Lipinski definition) is 2. The number of nitrogen functional groups attached to an aromatic ring is 1. The van der Waals surface area contributed by atoms with Gasteiger partial charge in [0.2, 0.25) is 10.0 Å². The van der Waals surface area contributed by atoms with Crippen LogP contribution in [0.3, 0.4) is 0 Å². The summed E-state index contributed by atoms with van der Waals surface area (Å²) in [5.74, 6) is -3.78. The van der Waals surface area contributed by atoms with Gasteiger partial charge in [-0.25, -0.2) is 35.3 Å². The van der Waals surface area contributed by atoms with Crippen molar-refractivity contribution in [3.8, 4) is 22.3 Å². The van der Waals surface area contributed by atoms with Gasteiger partial charge in [0.1, 0.15) is 33.6 Å². The molecule has 0 bridgehead atoms. The maximum atomic E-state index is 14.2. The Labute approximate surface area is 258 Å². The van der Waals surface area contributed by atoms with Gasteiger partial charge in [-0.05, 0) is 37.8 Å². The number of anilines is 2. The summed E-state index contributed by atoms with van der Waals surface area (Å²) in [5.41, 5.74) is 3.55. The molecule has 17 heteroatoms. The molecule has 236 valence electrons. The van der Waals surface area contributed by atoms with Gasteiger partial charge in [0.05, 0.1) is 28.8 Å². The van der Waals surface area contributed by atoms with Crippen LogP contribution in [0.2, 0.25) is 10.3 Å². The summed E-state index contributed by atoms with van der Waals surface area (Å²) in [6.45, 7) is 2.12. The molecule has 0 spiro atoms. The number of nitrogens with one attached hydrogen (secondary N) is 1. The second kappa shape index (κ2) is 12.0. The fraction of sp³-hybridized carbons (Fsp3) is 0.333. The molecule has 0 unspecified atom stereocenters. The minimum atomic E-state index is -3.77. The van der Waals surface area contributed by atoms with Crippen LogP contribution >= 0.6 is 23.2 Å². The zero-order chi connectivity index (χ0) is 32.1. The van der Waals surface area contributed by atoms with Crippen LogP contribution in [-0.4, -0.2) is 33.4 Å². The second-order valence-electron chi connectivity index (χ2n) is 10.4. The van der Waals surface area contributed by atoms with Gasteiger partial charge in [-0.2, -0.15) is 0 Å². The standard InChI is InChI=1S/C14H14ClF2N3O3S.C13H12ClF2N3O/c1-24(22,23)18-11-6-8(9(16)7-10(11)17)12-13(15)19-4-2-3-5-20(19)14(12)21;14-12-11(7-5-10(17)9(16)6-8(7)15)13(20)19-4-2-1-3-18(12)19/h6-7,18H,2-5H2,1H3;5-6H,1-4,17H2. The summed E-state index contributed by atoms with van der Waals surface area (Å²) in [5, 5.41) is 0.218. The first-order chi connectivity index (χ1) is 20.7. The van der Waals surface area contributed by atoms with E-state index in [1.807, 2.05) is 4.72 Å². The lowest BCUT2D eigenvalue weighted by molar-refractivity contribution is 0.356. The lowest BCUT2D eigenvalue weighted by atomic mass is 10.1. The van der Waals surface area contributed by atoms with Gasteiger partial charge in [-0.3, -0.25) is 23.7 Å². The fourth-order valence-electron chi connectivity index (χ4n) is 5.28. The number of nitrogens with two attached hydrogens (primary N) is 1. The predicted molar refractivity (Wildman–Crippen MR) is 159 cm³/mol. The first kappa shape index (κ1) is 31.7. The summed E-state index contributed by atoms with van der Waals surface area (Å²) in [6.07, 6.45) is 4.25. The van der Waals surface area contributed by atoms with E-state index in [1.165, 1.54) is 9.36 Å². The molecule has 2 aliphatic rings. The number of benzene rings is 2. The van der Waals surface area contributed by atoms with Crippen molar-refractivity contribution in [1.29, 1.82) is 0 Å². The summed E-state index contributed by atoms with van der Waals surface area (Å²) in [6, 6.07) is 3.25. The van der Waals surface area contributed by atoms with Crippen LogP contribution in [0.5, 0.6) is 0 Å². The van der Waals surface area contributed by atoms with Crippen LogP contribution in [0.1, 0.15) is 25.7 Å². The molecule has 3 N–H and O–H groups in total. The smallest absolute Gasteiger partial charge is 0.276 e. The van der Waals surface area contributed by atoms with Gasteiger partial charge in [-0.15, -0.1) is 0 Å². The molecule has 6 rings (SSSR count). The largest absolute Gasteiger partial charge is 0.396 e. The number of rotatable bonds is 4. The molecule has 2 aromatic heterocycles. The van der Waals surface area contributed by atoms with Crippen molar-refractivity contribution in [3.63, 3.8) is 0 Å². The Morgan fingerprint density at radius 2 is 1.09 bits per heavy atom. The molecule has 2 aromatic carbocycles. The van der Waals surface area contributed by atoms with E-state index in [4.69, 9.17) is 28.9 Å². The third-order valence-corrected chi connectivity index (χ3v) is 8.66. The fourth-order valence-corrected chi connectivity index (χ4v) is 6.55. The predicted octanol–water partition coefficient (Wildman–Crippen LogP) is 5.04. The highest BCUT2D eigenvalue weighted by atomic mass is 35.5. The van der Waals surface area contributed by atoms with E-state index in [0.29, 0.717) is 38.3 Å². The van der Waals surface area contributed by atoms with Gasteiger partial charge < -0.3 is 5.73 Å². The van der Waals surface area contributed by atoms with Crippen molar-refractivity contribution >= 4 is 44.6 Å². The van der Waals surface area contributed by atoms with Gasteiger partial charge in [0.15, 0.2) is 0 Å². The van der Waals surface area contributed by atoms with E-state index in [2.05, 4.69) is 0 Å². The molecule has 4 aromatic rings. The van der Waals surface area contributed by atoms with E-state index >= 15 is 0 Å². The first-order valence-electron chi connectivity index (χ1n) is 13.4. The molecule has 44 heavy (non-hydrogen) atoms. The molecular weight excluding hydrogens is 651 g/mol. The highest BCUT2D eigenvalue weighted by Gasteiger charge is 2.26. The molecule has 0 atom stereocenters. The molecule has 10 nitrogen and oxygen atoms in total. The van der Waals surface area contributed by atoms with Crippen LogP contribution in [0.4, 0.5) is 28.9 Å². The average Bonchev–Trinajstić information content (AvgIpc) is 3.36. The van der Waals surface area contributed by atoms with Crippen molar-refractivity contribution in [2.75, 3.05) is 16.7 Å². The van der Waals surface area contributed by atoms with Crippen molar-refractivity contribution < 1.29 is 26.0 Å². The highest BCUT2D eigenvalue weighted by Crippen LogP contribution is 2.33. The van der Waals surface area contributed by atoms with Crippen molar-refractivity contribution in [2.24, 2.45) is 0 Å². The lowest BCUT2D eigenvalue weighted by Gasteiger charge is -2.17. The molecule has 0 aliphatic carbocycles. The number of aromatic nitrogens is 4. The Hall–Kier alpha value is -3.69. The molecule has 0 saturated heterocycles. The quantitative estimate of drug-likeness (QED) is 0.232. The average molecular weight is 678 g/mol. The minimum Gasteiger partial charge on any atom is -0.396 e. The van der Waals surface area contributed by atoms with Crippen LogP contribution in [0, 0.1) is 23.3 Å². The van der Waals surface area contributed by atoms with Crippen LogP contribution in [0.25, 0.3) is 22.3 Å². The number of sulfonamides is 1. The Kier molecular flexibility index (Phi) is 8.66. The third kappa shape index (κ3) is 5.87. The number of fused-ring (bicyclic) bond motifs is 2. The first-order valence-corrected chi connectivity index (χ1v) is 16.0. The summed E-state index contributed by atoms with van der Waals surface area (Å²) in [4.78, 5) is 24.9. The van der Waals surface area contributed by atoms with E-state index in [-0.39, 0.29) is 43.8 Å². The van der Waals surface area contributed by atoms with Crippen molar-refractivity contribution in [2.45, 2.75) is 51.9 Å². The van der Waals surface area contributed by atoms with E-state index in [9.17, 15) is 35.6 Å². The Bertz CT molecular complexity index is 2020. The van der Waals surface area contributed by atoms with E-state index in [1.54, 1.807) is 9.36 Å². The molecule has 0 fully saturated rings. The van der Waals surface area contributed by atoms with Crippen molar-refractivity contribution in [1.82, 2.24) is 18.7 Å². The molecular formula is C27H26Cl2F4N6O4S. The number of nitrogens with zero attached hydrogens (tertiary/aromatic N) is 4. The summed E-state index contributed by atoms with van der Waals surface area (Å²) >= 11 is 12.4. The van der Waals surface area contributed by atoms with Gasteiger partial charge >= 0.3 is 0 Å². The Morgan fingerprint density at radius 1 is 0.682 bits per heavy atom. The maximum absolute atomic E-state index is 14.2.